The number of sulfone groups is 1. The lowest BCUT2D eigenvalue weighted by Gasteiger charge is -2.10. The summed E-state index contributed by atoms with van der Waals surface area (Å²) in [6.45, 7) is 0. The van der Waals surface area contributed by atoms with Crippen LogP contribution in [0.15, 0.2) is 101 Å². The summed E-state index contributed by atoms with van der Waals surface area (Å²) in [7, 11) is -3.80. The second-order valence-electron chi connectivity index (χ2n) is 10.6. The van der Waals surface area contributed by atoms with Crippen molar-refractivity contribution in [3.63, 3.8) is 0 Å². The first-order valence-electron chi connectivity index (χ1n) is 13.9. The number of allylic oxidation sites excluding steroid dienone is 2. The molecule has 0 saturated heterocycles. The van der Waals surface area contributed by atoms with Gasteiger partial charge in [-0.15, -0.1) is 0 Å². The lowest BCUT2D eigenvalue weighted by Crippen LogP contribution is -2.29. The topological polar surface area (TPSA) is 145 Å². The number of rotatable bonds is 3. The summed E-state index contributed by atoms with van der Waals surface area (Å²) >= 11 is 0. The fourth-order valence-electron chi connectivity index (χ4n) is 6.31. The fourth-order valence-corrected chi connectivity index (χ4v) is 7.57. The highest BCUT2D eigenvalue weighted by Crippen LogP contribution is 2.40. The molecule has 1 aliphatic carbocycles. The molecule has 10 heteroatoms. The minimum atomic E-state index is -3.80. The maximum atomic E-state index is 13.4. The Morgan fingerprint density at radius 3 is 2.32 bits per heavy atom. The molecule has 5 heterocycles. The zero-order chi connectivity index (χ0) is 30.2. The van der Waals surface area contributed by atoms with Crippen LogP contribution >= 0.6 is 0 Å². The van der Waals surface area contributed by atoms with Crippen LogP contribution in [0.1, 0.15) is 12.0 Å². The molecule has 212 valence electrons. The molecule has 0 fully saturated rings. The van der Waals surface area contributed by atoms with E-state index in [2.05, 4.69) is 32.6 Å². The summed E-state index contributed by atoms with van der Waals surface area (Å²) in [6.07, 6.45) is 16.3. The van der Waals surface area contributed by atoms with Crippen LogP contribution in [-0.4, -0.2) is 27.4 Å². The minimum absolute atomic E-state index is 0.112. The maximum absolute atomic E-state index is 13.4. The van der Waals surface area contributed by atoms with Crippen molar-refractivity contribution in [1.29, 1.82) is 5.26 Å². The van der Waals surface area contributed by atoms with Crippen molar-refractivity contribution in [2.75, 3.05) is 11.5 Å². The Morgan fingerprint density at radius 2 is 1.57 bits per heavy atom. The van der Waals surface area contributed by atoms with Gasteiger partial charge in [-0.05, 0) is 67.1 Å². The maximum Gasteiger partial charge on any atom is 0.206 e. The molecule has 4 N–H and O–H groups in total. The molecule has 0 bridgehead atoms. The Balaban J connectivity index is 1.45. The molecule has 7 aromatic rings. The number of nitrogen functional groups attached to an aromatic ring is 2. The van der Waals surface area contributed by atoms with Crippen LogP contribution in [-0.2, 0) is 9.84 Å². The SMILES string of the molecule is N#Cc1ccc(S(=O)(=O)c2ccc(-n3c(N)c4c5c(cncc53)c3c(n5c6cnccc6c(N)c45)=CC=CCC=3)cc2)cc1. The molecular formula is C34H23N7O2S. The number of anilines is 2. The highest BCUT2D eigenvalue weighted by molar-refractivity contribution is 7.91. The molecule has 9 nitrogen and oxygen atoms in total. The largest absolute Gasteiger partial charge is 0.396 e. The number of hydrogen-bond donors (Lipinski definition) is 2. The number of nitriles is 1. The molecule has 0 aliphatic heterocycles. The Hall–Kier alpha value is -5.92. The van der Waals surface area contributed by atoms with Gasteiger partial charge in [-0.25, -0.2) is 8.42 Å². The molecule has 0 saturated carbocycles. The van der Waals surface area contributed by atoms with Gasteiger partial charge in [0.05, 0.1) is 66.8 Å². The number of nitrogens with zero attached hydrogens (tertiary/aromatic N) is 5. The molecule has 0 radical (unpaired) electrons. The van der Waals surface area contributed by atoms with Crippen molar-refractivity contribution in [3.05, 3.63) is 108 Å². The van der Waals surface area contributed by atoms with Gasteiger partial charge >= 0.3 is 0 Å². The summed E-state index contributed by atoms with van der Waals surface area (Å²) in [5.74, 6) is 0.453. The van der Waals surface area contributed by atoms with Gasteiger partial charge in [0.2, 0.25) is 9.84 Å². The number of hydrogen-bond acceptors (Lipinski definition) is 7. The first kappa shape index (κ1) is 25.8. The predicted octanol–water partition coefficient (Wildman–Crippen LogP) is 4.37. The number of fused-ring (bicyclic) bond motifs is 7. The second kappa shape index (κ2) is 9.29. The average Bonchev–Trinajstić information content (AvgIpc) is 3.30. The van der Waals surface area contributed by atoms with Gasteiger partial charge in [-0.2, -0.15) is 5.26 Å². The van der Waals surface area contributed by atoms with Crippen molar-refractivity contribution in [3.8, 4) is 11.8 Å². The van der Waals surface area contributed by atoms with Crippen molar-refractivity contribution < 1.29 is 8.42 Å². The Bertz CT molecular complexity index is 2660. The minimum Gasteiger partial charge on any atom is -0.396 e. The summed E-state index contributed by atoms with van der Waals surface area (Å²) in [5, 5.41) is 14.5. The van der Waals surface area contributed by atoms with E-state index in [9.17, 15) is 8.42 Å². The first-order chi connectivity index (χ1) is 21.4. The number of aromatic nitrogens is 4. The molecule has 5 aromatic heterocycles. The van der Waals surface area contributed by atoms with E-state index in [1.54, 1.807) is 36.7 Å². The zero-order valence-corrected chi connectivity index (χ0v) is 24.0. The Morgan fingerprint density at radius 1 is 0.841 bits per heavy atom. The second-order valence-corrected chi connectivity index (χ2v) is 12.6. The third kappa shape index (κ3) is 3.47. The third-order valence-electron chi connectivity index (χ3n) is 8.31. The van der Waals surface area contributed by atoms with E-state index in [4.69, 9.17) is 16.7 Å². The van der Waals surface area contributed by atoms with E-state index in [1.807, 2.05) is 35.2 Å². The predicted molar refractivity (Wildman–Crippen MR) is 172 cm³/mol. The lowest BCUT2D eigenvalue weighted by molar-refractivity contribution is 0.596. The molecule has 44 heavy (non-hydrogen) atoms. The quantitative estimate of drug-likeness (QED) is 0.309. The van der Waals surface area contributed by atoms with Crippen LogP contribution in [0.3, 0.4) is 0 Å². The summed E-state index contributed by atoms with van der Waals surface area (Å²) in [6, 6.07) is 16.4. The molecular weight excluding hydrogens is 570 g/mol. The van der Waals surface area contributed by atoms with Crippen molar-refractivity contribution in [2.24, 2.45) is 0 Å². The highest BCUT2D eigenvalue weighted by atomic mass is 32.2. The molecule has 0 atom stereocenters. The summed E-state index contributed by atoms with van der Waals surface area (Å²) in [5.41, 5.74) is 18.0. The number of pyridine rings is 2. The molecule has 0 spiro atoms. The zero-order valence-electron chi connectivity index (χ0n) is 23.1. The first-order valence-corrected chi connectivity index (χ1v) is 15.3. The van der Waals surface area contributed by atoms with E-state index in [0.717, 1.165) is 55.1 Å². The summed E-state index contributed by atoms with van der Waals surface area (Å²) in [4.78, 5) is 9.27. The van der Waals surface area contributed by atoms with Crippen LogP contribution in [0.25, 0.3) is 55.9 Å². The van der Waals surface area contributed by atoms with E-state index in [1.165, 1.54) is 24.3 Å². The number of benzene rings is 2. The Kier molecular flexibility index (Phi) is 5.44. The van der Waals surface area contributed by atoms with Crippen molar-refractivity contribution in [2.45, 2.75) is 16.2 Å². The van der Waals surface area contributed by atoms with Gasteiger partial charge < -0.3 is 15.9 Å². The van der Waals surface area contributed by atoms with Gasteiger partial charge in [-0.1, -0.05) is 18.2 Å². The standard InChI is InChI=1S/C34H23N7O2S/c35-16-20-6-10-22(11-7-20)44(42,43)23-12-8-21(9-13-23)40-29-19-39-17-26-24-4-2-1-3-5-27(24)41-28-18-38-15-14-25(28)32(36)33(41)31(30(26)29)34(40)37/h1,3-15,17-19H,2,36-37H2. The van der Waals surface area contributed by atoms with E-state index in [0.29, 0.717) is 22.8 Å². The molecule has 0 amide bonds. The van der Waals surface area contributed by atoms with Crippen molar-refractivity contribution >= 4 is 71.6 Å². The van der Waals surface area contributed by atoms with Gasteiger partial charge in [0, 0.05) is 39.5 Å². The van der Waals surface area contributed by atoms with Crippen LogP contribution in [0, 0.1) is 11.3 Å². The smallest absolute Gasteiger partial charge is 0.206 e. The van der Waals surface area contributed by atoms with Crippen LogP contribution in [0.4, 0.5) is 11.5 Å². The number of nitrogens with two attached hydrogens (primary N) is 2. The average molecular weight is 594 g/mol. The van der Waals surface area contributed by atoms with Crippen molar-refractivity contribution in [1.82, 2.24) is 18.9 Å². The summed E-state index contributed by atoms with van der Waals surface area (Å²) < 4.78 is 30.7. The fraction of sp³-hybridized carbons (Fsp3) is 0.0294. The molecule has 2 aromatic carbocycles. The monoisotopic (exact) mass is 593 g/mol. The van der Waals surface area contributed by atoms with Crippen LogP contribution < -0.4 is 22.0 Å². The van der Waals surface area contributed by atoms with E-state index >= 15 is 0 Å². The van der Waals surface area contributed by atoms with E-state index in [-0.39, 0.29) is 9.79 Å². The molecule has 0 unspecified atom stereocenters. The van der Waals surface area contributed by atoms with Crippen LogP contribution in [0.2, 0.25) is 0 Å². The third-order valence-corrected chi connectivity index (χ3v) is 10.1. The van der Waals surface area contributed by atoms with E-state index < -0.39 is 9.84 Å². The van der Waals surface area contributed by atoms with Gasteiger partial charge in [0.15, 0.2) is 0 Å². The van der Waals surface area contributed by atoms with Gasteiger partial charge in [0.25, 0.3) is 0 Å². The normalized spacial score (nSPS) is 13.1. The molecule has 1 aliphatic rings. The van der Waals surface area contributed by atoms with Gasteiger partial charge in [-0.3, -0.25) is 14.5 Å². The van der Waals surface area contributed by atoms with Crippen LogP contribution in [0.5, 0.6) is 0 Å². The molecule has 8 rings (SSSR count). The highest BCUT2D eigenvalue weighted by Gasteiger charge is 2.24. The lowest BCUT2D eigenvalue weighted by atomic mass is 10.1. The van der Waals surface area contributed by atoms with Gasteiger partial charge in [0.1, 0.15) is 5.82 Å². The Labute approximate surface area is 250 Å².